The van der Waals surface area contributed by atoms with Gasteiger partial charge >= 0.3 is 5.97 Å². The van der Waals surface area contributed by atoms with Gasteiger partial charge in [0.05, 0.1) is 35.5 Å². The second-order valence-electron chi connectivity index (χ2n) is 5.20. The lowest BCUT2D eigenvalue weighted by molar-refractivity contribution is 0.0602. The monoisotopic (exact) mass is 389 g/mol. The minimum atomic E-state index is -0.380. The van der Waals surface area contributed by atoms with E-state index in [-0.39, 0.29) is 5.97 Å². The number of ether oxygens (including phenoxy) is 2. The highest BCUT2D eigenvalue weighted by atomic mass is 79.9. The molecule has 0 atom stereocenters. The summed E-state index contributed by atoms with van der Waals surface area (Å²) in [6.07, 6.45) is 5.89. The summed E-state index contributed by atoms with van der Waals surface area (Å²) in [5.41, 5.74) is 3.69. The highest BCUT2D eigenvalue weighted by Gasteiger charge is 2.21. The molecule has 0 bridgehead atoms. The number of allylic oxidation sites excluding steroid dienone is 4. The normalized spacial score (nSPS) is 12.0. The Bertz CT molecular complexity index is 854. The van der Waals surface area contributed by atoms with Crippen molar-refractivity contribution in [3.05, 3.63) is 51.7 Å². The van der Waals surface area contributed by atoms with Crippen LogP contribution in [0.3, 0.4) is 0 Å². The van der Waals surface area contributed by atoms with E-state index in [0.29, 0.717) is 16.8 Å². The van der Waals surface area contributed by atoms with E-state index in [4.69, 9.17) is 14.5 Å². The Kier molecular flexibility index (Phi) is 5.78. The number of fused-ring (bicyclic) bond motifs is 1. The maximum atomic E-state index is 12.4. The zero-order chi connectivity index (χ0) is 17.9. The van der Waals surface area contributed by atoms with Crippen LogP contribution in [0, 0.1) is 6.92 Å². The van der Waals surface area contributed by atoms with Gasteiger partial charge in [0.25, 0.3) is 0 Å². The molecule has 2 aromatic rings. The van der Waals surface area contributed by atoms with Crippen molar-refractivity contribution in [2.24, 2.45) is 0 Å². The Hall–Kier alpha value is -2.14. The number of halogens is 1. The van der Waals surface area contributed by atoms with Crippen molar-refractivity contribution in [2.45, 2.75) is 20.8 Å². The molecule has 24 heavy (non-hydrogen) atoms. The lowest BCUT2D eigenvalue weighted by Crippen LogP contribution is -2.09. The summed E-state index contributed by atoms with van der Waals surface area (Å²) >= 11 is 3.47. The quantitative estimate of drug-likeness (QED) is 0.540. The Morgan fingerprint density at radius 3 is 2.50 bits per heavy atom. The minimum Gasteiger partial charge on any atom is -0.495 e. The second-order valence-corrected chi connectivity index (χ2v) is 6.05. The van der Waals surface area contributed by atoms with Crippen LogP contribution < -0.4 is 4.74 Å². The van der Waals surface area contributed by atoms with E-state index in [1.165, 1.54) is 7.11 Å². The first-order valence-electron chi connectivity index (χ1n) is 7.54. The average Bonchev–Trinajstić information content (AvgIpc) is 2.58. The highest BCUT2D eigenvalue weighted by Crippen LogP contribution is 2.34. The van der Waals surface area contributed by atoms with Crippen LogP contribution in [0.1, 0.15) is 35.5 Å². The lowest BCUT2D eigenvalue weighted by Gasteiger charge is -2.15. The predicted octanol–water partition coefficient (Wildman–Crippen LogP) is 5.08. The van der Waals surface area contributed by atoms with Crippen molar-refractivity contribution in [1.82, 2.24) is 4.98 Å². The number of rotatable bonds is 4. The number of carbonyl (C=O) groups excluding carboxylic acids is 1. The molecule has 126 valence electrons. The van der Waals surface area contributed by atoms with E-state index in [0.717, 1.165) is 26.7 Å². The summed E-state index contributed by atoms with van der Waals surface area (Å²) in [6.45, 7) is 5.78. The molecule has 1 heterocycles. The van der Waals surface area contributed by atoms with Gasteiger partial charge in [0.1, 0.15) is 5.75 Å². The number of carbonyl (C=O) groups is 1. The first-order valence-corrected chi connectivity index (χ1v) is 8.33. The van der Waals surface area contributed by atoms with E-state index in [1.54, 1.807) is 7.11 Å². The van der Waals surface area contributed by atoms with Gasteiger partial charge in [0.15, 0.2) is 0 Å². The number of hydrogen-bond acceptors (Lipinski definition) is 4. The van der Waals surface area contributed by atoms with Crippen LogP contribution in [0.4, 0.5) is 0 Å². The summed E-state index contributed by atoms with van der Waals surface area (Å²) in [6, 6.07) is 3.66. The molecule has 0 N–H and O–H groups in total. The van der Waals surface area contributed by atoms with E-state index in [9.17, 15) is 4.79 Å². The van der Waals surface area contributed by atoms with Crippen molar-refractivity contribution in [1.29, 1.82) is 0 Å². The largest absolute Gasteiger partial charge is 0.495 e. The molecule has 0 spiro atoms. The first kappa shape index (κ1) is 18.2. The van der Waals surface area contributed by atoms with Crippen LogP contribution in [0.25, 0.3) is 16.5 Å². The fourth-order valence-electron chi connectivity index (χ4n) is 2.65. The van der Waals surface area contributed by atoms with Gasteiger partial charge in [-0.15, -0.1) is 0 Å². The number of benzene rings is 1. The summed E-state index contributed by atoms with van der Waals surface area (Å²) in [5, 5.41) is 0.728. The van der Waals surface area contributed by atoms with Crippen LogP contribution >= 0.6 is 15.9 Å². The molecule has 0 saturated carbocycles. The average molecular weight is 390 g/mol. The van der Waals surface area contributed by atoms with Gasteiger partial charge in [0.2, 0.25) is 0 Å². The molecule has 0 fully saturated rings. The Labute approximate surface area is 150 Å². The third-order valence-electron chi connectivity index (χ3n) is 3.82. The number of nitrogens with zero attached hydrogens (tertiary/aromatic N) is 1. The molecule has 0 aliphatic rings. The Morgan fingerprint density at radius 2 is 1.96 bits per heavy atom. The summed E-state index contributed by atoms with van der Waals surface area (Å²) in [4.78, 5) is 17.2. The van der Waals surface area contributed by atoms with Crippen molar-refractivity contribution >= 4 is 38.4 Å². The molecule has 0 aliphatic carbocycles. The summed E-state index contributed by atoms with van der Waals surface area (Å²) in [7, 11) is 2.98. The highest BCUT2D eigenvalue weighted by molar-refractivity contribution is 9.10. The van der Waals surface area contributed by atoms with E-state index in [2.05, 4.69) is 15.9 Å². The molecule has 2 rings (SSSR count). The van der Waals surface area contributed by atoms with Gasteiger partial charge in [-0.2, -0.15) is 0 Å². The second kappa shape index (κ2) is 7.62. The molecule has 0 unspecified atom stereocenters. The first-order chi connectivity index (χ1) is 11.5. The number of aromatic nitrogens is 1. The fraction of sp³-hybridized carbons (Fsp3) is 0.263. The van der Waals surface area contributed by atoms with Crippen LogP contribution in [0.5, 0.6) is 5.75 Å². The van der Waals surface area contributed by atoms with Crippen LogP contribution in [0.2, 0.25) is 0 Å². The minimum absolute atomic E-state index is 0.380. The SMILES string of the molecule is CC=CC(=CC)c1nc2cc(OC)c(Br)cc2c(C(=O)OC)c1C. The molecule has 4 nitrogen and oxygen atoms in total. The molecule has 1 aromatic heterocycles. The molecule has 0 amide bonds. The smallest absolute Gasteiger partial charge is 0.338 e. The van der Waals surface area contributed by atoms with Crippen LogP contribution in [-0.4, -0.2) is 25.2 Å². The van der Waals surface area contributed by atoms with Gasteiger partial charge in [-0.1, -0.05) is 18.2 Å². The predicted molar refractivity (Wildman–Crippen MR) is 101 cm³/mol. The number of methoxy groups -OCH3 is 2. The fourth-order valence-corrected chi connectivity index (χ4v) is 3.16. The number of pyridine rings is 1. The molecule has 0 saturated heterocycles. The van der Waals surface area contributed by atoms with E-state index < -0.39 is 0 Å². The third-order valence-corrected chi connectivity index (χ3v) is 4.44. The maximum Gasteiger partial charge on any atom is 0.338 e. The van der Waals surface area contributed by atoms with Crippen LogP contribution in [-0.2, 0) is 4.74 Å². The van der Waals surface area contributed by atoms with Gasteiger partial charge in [-0.3, -0.25) is 0 Å². The summed E-state index contributed by atoms with van der Waals surface area (Å²) < 4.78 is 11.1. The molecule has 0 radical (unpaired) electrons. The van der Waals surface area contributed by atoms with Gasteiger partial charge in [-0.25, -0.2) is 9.78 Å². The van der Waals surface area contributed by atoms with Crippen molar-refractivity contribution in [3.63, 3.8) is 0 Å². The number of hydrogen-bond donors (Lipinski definition) is 0. The van der Waals surface area contributed by atoms with E-state index in [1.807, 2.05) is 51.1 Å². The molecule has 5 heteroatoms. The van der Waals surface area contributed by atoms with Gasteiger partial charge in [-0.05, 0) is 53.9 Å². The molecule has 1 aromatic carbocycles. The van der Waals surface area contributed by atoms with Crippen molar-refractivity contribution in [2.75, 3.05) is 14.2 Å². The summed E-state index contributed by atoms with van der Waals surface area (Å²) in [5.74, 6) is 0.280. The van der Waals surface area contributed by atoms with Crippen molar-refractivity contribution < 1.29 is 14.3 Å². The lowest BCUT2D eigenvalue weighted by atomic mass is 9.97. The standard InChI is InChI=1S/C19H20BrNO3/c1-6-8-12(7-2)18-11(3)17(19(22)24-5)13-9-14(20)16(23-4)10-15(13)21-18/h6-10H,1-5H3. The molecule has 0 aliphatic heterocycles. The third kappa shape index (κ3) is 3.22. The zero-order valence-electron chi connectivity index (χ0n) is 14.4. The maximum absolute atomic E-state index is 12.4. The van der Waals surface area contributed by atoms with E-state index >= 15 is 0 Å². The zero-order valence-corrected chi connectivity index (χ0v) is 16.0. The van der Waals surface area contributed by atoms with Crippen LogP contribution in [0.15, 0.2) is 34.8 Å². The topological polar surface area (TPSA) is 48.4 Å². The van der Waals surface area contributed by atoms with Gasteiger partial charge in [0, 0.05) is 11.5 Å². The van der Waals surface area contributed by atoms with Crippen molar-refractivity contribution in [3.8, 4) is 5.75 Å². The van der Waals surface area contributed by atoms with Gasteiger partial charge < -0.3 is 9.47 Å². The molecular weight excluding hydrogens is 370 g/mol. The number of esters is 1. The Morgan fingerprint density at radius 1 is 1.25 bits per heavy atom. The Balaban J connectivity index is 2.94. The molecular formula is C19H20BrNO3.